The monoisotopic (exact) mass is 397 g/mol. The Morgan fingerprint density at radius 3 is 2.79 bits per heavy atom. The first kappa shape index (κ1) is 20.0. The molecule has 0 aromatic carbocycles. The standard InChI is InChI=1S/C22H31N5O2/c1-17(2)27-14-20(24-16-27)19-13-25(12-18-4-7-23-8-5-18)15-22(19)6-9-26(21(22)28)10-11-29-3/h4-5,7-8,14,16-17,19H,6,9-13,15H2,1-3H3. The number of aromatic nitrogens is 3. The molecule has 2 aliphatic heterocycles. The van der Waals surface area contributed by atoms with Crippen LogP contribution in [-0.4, -0.2) is 70.1 Å². The summed E-state index contributed by atoms with van der Waals surface area (Å²) in [6.07, 6.45) is 8.58. The first-order chi connectivity index (χ1) is 14.0. The van der Waals surface area contributed by atoms with Gasteiger partial charge in [0.2, 0.25) is 5.91 Å². The van der Waals surface area contributed by atoms with Gasteiger partial charge in [-0.2, -0.15) is 0 Å². The lowest BCUT2D eigenvalue weighted by Crippen LogP contribution is -2.40. The maximum Gasteiger partial charge on any atom is 0.230 e. The van der Waals surface area contributed by atoms with E-state index >= 15 is 0 Å². The molecule has 0 aliphatic carbocycles. The number of hydrogen-bond donors (Lipinski definition) is 0. The van der Waals surface area contributed by atoms with Crippen LogP contribution < -0.4 is 0 Å². The zero-order chi connectivity index (χ0) is 20.4. The number of amides is 1. The molecule has 2 atom stereocenters. The Bertz CT molecular complexity index is 837. The molecular formula is C22H31N5O2. The van der Waals surface area contributed by atoms with Crippen molar-refractivity contribution >= 4 is 5.91 Å². The van der Waals surface area contributed by atoms with Crippen LogP contribution in [0.1, 0.15) is 43.5 Å². The van der Waals surface area contributed by atoms with Crippen LogP contribution in [0.5, 0.6) is 0 Å². The van der Waals surface area contributed by atoms with Crippen molar-refractivity contribution in [2.45, 2.75) is 38.8 Å². The van der Waals surface area contributed by atoms with Gasteiger partial charge in [0.15, 0.2) is 0 Å². The summed E-state index contributed by atoms with van der Waals surface area (Å²) in [5.41, 5.74) is 1.87. The Kier molecular flexibility index (Phi) is 5.69. The van der Waals surface area contributed by atoms with Crippen LogP contribution in [0.15, 0.2) is 37.1 Å². The van der Waals surface area contributed by atoms with Crippen LogP contribution in [0.25, 0.3) is 0 Å². The summed E-state index contributed by atoms with van der Waals surface area (Å²) in [5, 5.41) is 0. The lowest BCUT2D eigenvalue weighted by Gasteiger charge is -2.28. The molecule has 156 valence electrons. The Morgan fingerprint density at radius 2 is 2.10 bits per heavy atom. The third kappa shape index (κ3) is 3.81. The van der Waals surface area contributed by atoms with E-state index in [0.29, 0.717) is 19.2 Å². The molecule has 2 aromatic heterocycles. The number of ether oxygens (including phenoxy) is 1. The summed E-state index contributed by atoms with van der Waals surface area (Å²) in [5.74, 6) is 0.375. The van der Waals surface area contributed by atoms with Crippen molar-refractivity contribution in [1.82, 2.24) is 24.3 Å². The van der Waals surface area contributed by atoms with Gasteiger partial charge >= 0.3 is 0 Å². The molecule has 2 saturated heterocycles. The Morgan fingerprint density at radius 1 is 1.31 bits per heavy atom. The topological polar surface area (TPSA) is 63.5 Å². The van der Waals surface area contributed by atoms with E-state index in [-0.39, 0.29) is 11.8 Å². The number of carbonyl (C=O) groups excluding carboxylic acids is 1. The third-order valence-corrected chi connectivity index (χ3v) is 6.45. The van der Waals surface area contributed by atoms with Crippen molar-refractivity contribution in [3.8, 4) is 0 Å². The second kappa shape index (κ2) is 8.24. The smallest absolute Gasteiger partial charge is 0.230 e. The fourth-order valence-electron chi connectivity index (χ4n) is 4.81. The van der Waals surface area contributed by atoms with Gasteiger partial charge in [0, 0.05) is 70.4 Å². The minimum atomic E-state index is -0.392. The number of rotatable bonds is 7. The maximum absolute atomic E-state index is 13.6. The van der Waals surface area contributed by atoms with Gasteiger partial charge in [-0.1, -0.05) is 0 Å². The zero-order valence-corrected chi connectivity index (χ0v) is 17.6. The van der Waals surface area contributed by atoms with E-state index in [1.165, 1.54) is 5.56 Å². The summed E-state index contributed by atoms with van der Waals surface area (Å²) >= 11 is 0. The van der Waals surface area contributed by atoms with Crippen molar-refractivity contribution in [1.29, 1.82) is 0 Å². The van der Waals surface area contributed by atoms with Gasteiger partial charge in [0.25, 0.3) is 0 Å². The molecule has 4 rings (SSSR count). The molecule has 2 unspecified atom stereocenters. The normalized spacial score (nSPS) is 25.0. The summed E-state index contributed by atoms with van der Waals surface area (Å²) in [7, 11) is 1.68. The van der Waals surface area contributed by atoms with E-state index in [0.717, 1.165) is 38.3 Å². The lowest BCUT2D eigenvalue weighted by atomic mass is 9.75. The van der Waals surface area contributed by atoms with E-state index in [1.807, 2.05) is 23.6 Å². The van der Waals surface area contributed by atoms with Crippen LogP contribution >= 0.6 is 0 Å². The third-order valence-electron chi connectivity index (χ3n) is 6.45. The van der Waals surface area contributed by atoms with Gasteiger partial charge in [-0.25, -0.2) is 4.98 Å². The largest absolute Gasteiger partial charge is 0.383 e. The second-order valence-electron chi connectivity index (χ2n) is 8.61. The molecule has 0 radical (unpaired) electrons. The number of likely N-dealkylation sites (tertiary alicyclic amines) is 2. The molecular weight excluding hydrogens is 366 g/mol. The second-order valence-corrected chi connectivity index (χ2v) is 8.61. The number of nitrogens with zero attached hydrogens (tertiary/aromatic N) is 5. The Labute approximate surface area is 172 Å². The van der Waals surface area contributed by atoms with Crippen molar-refractivity contribution in [3.63, 3.8) is 0 Å². The minimum Gasteiger partial charge on any atom is -0.383 e. The van der Waals surface area contributed by atoms with Gasteiger partial charge < -0.3 is 14.2 Å². The zero-order valence-electron chi connectivity index (χ0n) is 17.6. The van der Waals surface area contributed by atoms with Crippen molar-refractivity contribution < 1.29 is 9.53 Å². The number of pyridine rings is 1. The average molecular weight is 398 g/mol. The number of carbonyl (C=O) groups is 1. The number of methoxy groups -OCH3 is 1. The van der Waals surface area contributed by atoms with E-state index < -0.39 is 5.41 Å². The predicted octanol–water partition coefficient (Wildman–Crippen LogP) is 2.32. The van der Waals surface area contributed by atoms with Crippen LogP contribution in [0.4, 0.5) is 0 Å². The molecule has 0 saturated carbocycles. The van der Waals surface area contributed by atoms with Gasteiger partial charge in [-0.05, 0) is 38.0 Å². The van der Waals surface area contributed by atoms with Crippen LogP contribution in [0, 0.1) is 5.41 Å². The van der Waals surface area contributed by atoms with Gasteiger partial charge in [-0.3, -0.25) is 14.7 Å². The fraction of sp³-hybridized carbons (Fsp3) is 0.591. The van der Waals surface area contributed by atoms with E-state index in [2.05, 4.69) is 46.6 Å². The lowest BCUT2D eigenvalue weighted by molar-refractivity contribution is -0.136. The van der Waals surface area contributed by atoms with Crippen LogP contribution in [0.2, 0.25) is 0 Å². The summed E-state index contributed by atoms with van der Waals surface area (Å²) in [6, 6.07) is 4.46. The summed E-state index contributed by atoms with van der Waals surface area (Å²) in [4.78, 5) is 26.8. The first-order valence-electron chi connectivity index (χ1n) is 10.5. The molecule has 0 N–H and O–H groups in total. The molecule has 0 bridgehead atoms. The summed E-state index contributed by atoms with van der Waals surface area (Å²) < 4.78 is 7.35. The number of hydrogen-bond acceptors (Lipinski definition) is 5. The Hall–Kier alpha value is -2.25. The highest BCUT2D eigenvalue weighted by atomic mass is 16.5. The molecule has 7 heteroatoms. The molecule has 2 aliphatic rings. The van der Waals surface area contributed by atoms with Gasteiger partial charge in [0.05, 0.1) is 24.0 Å². The van der Waals surface area contributed by atoms with Gasteiger partial charge in [-0.15, -0.1) is 0 Å². The van der Waals surface area contributed by atoms with Crippen molar-refractivity contribution in [2.75, 3.05) is 39.9 Å². The van der Waals surface area contributed by atoms with Crippen LogP contribution in [-0.2, 0) is 16.1 Å². The summed E-state index contributed by atoms with van der Waals surface area (Å²) in [6.45, 7) is 8.79. The van der Waals surface area contributed by atoms with E-state index in [9.17, 15) is 4.79 Å². The van der Waals surface area contributed by atoms with E-state index in [4.69, 9.17) is 9.72 Å². The molecule has 2 aromatic rings. The molecule has 4 heterocycles. The molecule has 1 amide bonds. The van der Waals surface area contributed by atoms with E-state index in [1.54, 1.807) is 7.11 Å². The quantitative estimate of drug-likeness (QED) is 0.718. The molecule has 29 heavy (non-hydrogen) atoms. The molecule has 1 spiro atoms. The fourth-order valence-corrected chi connectivity index (χ4v) is 4.81. The number of imidazole rings is 1. The average Bonchev–Trinajstić information content (AvgIpc) is 3.41. The highest BCUT2D eigenvalue weighted by molar-refractivity contribution is 5.86. The highest BCUT2D eigenvalue weighted by Crippen LogP contribution is 2.49. The highest BCUT2D eigenvalue weighted by Gasteiger charge is 2.57. The molecule has 2 fully saturated rings. The van der Waals surface area contributed by atoms with Crippen molar-refractivity contribution in [2.24, 2.45) is 5.41 Å². The minimum absolute atomic E-state index is 0.115. The predicted molar refractivity (Wildman–Crippen MR) is 110 cm³/mol. The molecule has 7 nitrogen and oxygen atoms in total. The van der Waals surface area contributed by atoms with Crippen LogP contribution in [0.3, 0.4) is 0 Å². The maximum atomic E-state index is 13.6. The van der Waals surface area contributed by atoms with Crippen molar-refractivity contribution in [3.05, 3.63) is 48.3 Å². The SMILES string of the molecule is COCCN1CCC2(CN(Cc3ccncc3)CC2c2cn(C(C)C)cn2)C1=O. The Balaban J connectivity index is 1.61. The first-order valence-corrected chi connectivity index (χ1v) is 10.5. The van der Waals surface area contributed by atoms with Gasteiger partial charge in [0.1, 0.15) is 0 Å².